The highest BCUT2D eigenvalue weighted by Gasteiger charge is 2.11. The first-order chi connectivity index (χ1) is 6.69. The summed E-state index contributed by atoms with van der Waals surface area (Å²) in [5.41, 5.74) is 6.27. The Kier molecular flexibility index (Phi) is 4.75. The first-order valence-corrected chi connectivity index (χ1v) is 6.01. The Hall–Kier alpha value is -0.220. The van der Waals surface area contributed by atoms with Crippen molar-refractivity contribution in [2.75, 3.05) is 12.8 Å². The number of hydrogen-bond donors (Lipinski definition) is 2. The molecule has 0 amide bonds. The Morgan fingerprint density at radius 1 is 1.57 bits per heavy atom. The molecule has 2 nitrogen and oxygen atoms in total. The molecule has 0 aromatic heterocycles. The lowest BCUT2D eigenvalue weighted by Crippen LogP contribution is -2.07. The van der Waals surface area contributed by atoms with Gasteiger partial charge in [-0.15, -0.1) is 11.8 Å². The second-order valence-electron chi connectivity index (χ2n) is 2.98. The van der Waals surface area contributed by atoms with Crippen molar-refractivity contribution in [1.82, 2.24) is 0 Å². The molecular weight excluding hydrogens is 218 g/mol. The van der Waals surface area contributed by atoms with E-state index in [0.717, 1.165) is 10.5 Å². The molecule has 1 rings (SSSR count). The third-order valence-corrected chi connectivity index (χ3v) is 3.04. The first-order valence-electron chi connectivity index (χ1n) is 4.40. The third-order valence-electron chi connectivity index (χ3n) is 1.99. The number of rotatable bonds is 4. The van der Waals surface area contributed by atoms with Crippen LogP contribution in [-0.4, -0.2) is 17.9 Å². The molecule has 1 unspecified atom stereocenters. The van der Waals surface area contributed by atoms with Crippen LogP contribution in [0.2, 0.25) is 5.02 Å². The van der Waals surface area contributed by atoms with Crippen LogP contribution in [0.1, 0.15) is 18.1 Å². The van der Waals surface area contributed by atoms with E-state index >= 15 is 0 Å². The van der Waals surface area contributed by atoms with Gasteiger partial charge in [-0.1, -0.05) is 11.6 Å². The Morgan fingerprint density at radius 2 is 2.29 bits per heavy atom. The van der Waals surface area contributed by atoms with Crippen LogP contribution in [-0.2, 0) is 0 Å². The molecule has 0 aliphatic carbocycles. The maximum Gasteiger partial charge on any atom is 0.0813 e. The van der Waals surface area contributed by atoms with Gasteiger partial charge in [0.15, 0.2) is 0 Å². The molecule has 14 heavy (non-hydrogen) atoms. The Balaban J connectivity index is 2.97. The fourth-order valence-corrected chi connectivity index (χ4v) is 2.09. The SMILES string of the molecule is CSc1ccc(Cl)cc1C(O)CCN. The molecule has 1 aromatic rings. The van der Waals surface area contributed by atoms with Crippen molar-refractivity contribution in [2.45, 2.75) is 17.4 Å². The average Bonchev–Trinajstić information content (AvgIpc) is 2.18. The molecule has 1 aromatic carbocycles. The third kappa shape index (κ3) is 2.89. The zero-order chi connectivity index (χ0) is 10.6. The van der Waals surface area contributed by atoms with Gasteiger partial charge in [-0.05, 0) is 43.0 Å². The maximum absolute atomic E-state index is 9.80. The summed E-state index contributed by atoms with van der Waals surface area (Å²) in [5.74, 6) is 0. The highest BCUT2D eigenvalue weighted by atomic mass is 35.5. The van der Waals surface area contributed by atoms with Crippen molar-refractivity contribution in [3.63, 3.8) is 0 Å². The van der Waals surface area contributed by atoms with Gasteiger partial charge in [0.05, 0.1) is 6.10 Å². The Morgan fingerprint density at radius 3 is 2.86 bits per heavy atom. The second-order valence-corrected chi connectivity index (χ2v) is 4.26. The highest BCUT2D eigenvalue weighted by Crippen LogP contribution is 2.29. The van der Waals surface area contributed by atoms with Crippen LogP contribution in [0.3, 0.4) is 0 Å². The number of aliphatic hydroxyl groups is 1. The quantitative estimate of drug-likeness (QED) is 0.783. The van der Waals surface area contributed by atoms with Crippen molar-refractivity contribution in [1.29, 1.82) is 0 Å². The fraction of sp³-hybridized carbons (Fsp3) is 0.400. The van der Waals surface area contributed by atoms with Gasteiger partial charge in [-0.3, -0.25) is 0 Å². The van der Waals surface area contributed by atoms with Gasteiger partial charge in [0.1, 0.15) is 0 Å². The van der Waals surface area contributed by atoms with E-state index < -0.39 is 6.10 Å². The summed E-state index contributed by atoms with van der Waals surface area (Å²) in [5, 5.41) is 10.5. The van der Waals surface area contributed by atoms with Crippen LogP contribution in [0.5, 0.6) is 0 Å². The van der Waals surface area contributed by atoms with E-state index in [-0.39, 0.29) is 0 Å². The lowest BCUT2D eigenvalue weighted by Gasteiger charge is -2.13. The Labute approximate surface area is 93.5 Å². The predicted octanol–water partition coefficient (Wildman–Crippen LogP) is 2.44. The van der Waals surface area contributed by atoms with Crippen LogP contribution in [0, 0.1) is 0 Å². The molecule has 0 heterocycles. The summed E-state index contributed by atoms with van der Waals surface area (Å²) in [7, 11) is 0. The summed E-state index contributed by atoms with van der Waals surface area (Å²) >= 11 is 7.47. The van der Waals surface area contributed by atoms with Crippen LogP contribution in [0.25, 0.3) is 0 Å². The van der Waals surface area contributed by atoms with E-state index in [1.54, 1.807) is 17.8 Å². The minimum atomic E-state index is -0.513. The number of nitrogens with two attached hydrogens (primary N) is 1. The minimum absolute atomic E-state index is 0.474. The number of hydrogen-bond acceptors (Lipinski definition) is 3. The lowest BCUT2D eigenvalue weighted by molar-refractivity contribution is 0.167. The standard InChI is InChI=1S/C10H14ClNOS/c1-14-10-3-2-7(11)6-8(10)9(13)4-5-12/h2-3,6,9,13H,4-5,12H2,1H3. The smallest absolute Gasteiger partial charge is 0.0813 e. The normalized spacial score (nSPS) is 12.9. The van der Waals surface area contributed by atoms with E-state index in [0.29, 0.717) is 18.0 Å². The monoisotopic (exact) mass is 231 g/mol. The van der Waals surface area contributed by atoms with Gasteiger partial charge < -0.3 is 10.8 Å². The number of halogens is 1. The number of thioether (sulfide) groups is 1. The molecule has 78 valence electrons. The van der Waals surface area contributed by atoms with Gasteiger partial charge >= 0.3 is 0 Å². The molecule has 0 spiro atoms. The summed E-state index contributed by atoms with van der Waals surface area (Å²) in [6.07, 6.45) is 2.02. The summed E-state index contributed by atoms with van der Waals surface area (Å²) < 4.78 is 0. The summed E-state index contributed by atoms with van der Waals surface area (Å²) in [6, 6.07) is 5.54. The van der Waals surface area contributed by atoms with Crippen molar-refractivity contribution < 1.29 is 5.11 Å². The molecule has 0 aliphatic heterocycles. The molecule has 0 saturated heterocycles. The molecule has 1 atom stereocenters. The van der Waals surface area contributed by atoms with Crippen molar-refractivity contribution >= 4 is 23.4 Å². The zero-order valence-electron chi connectivity index (χ0n) is 8.03. The van der Waals surface area contributed by atoms with Crippen LogP contribution < -0.4 is 5.73 Å². The van der Waals surface area contributed by atoms with Crippen molar-refractivity contribution in [2.24, 2.45) is 5.73 Å². The maximum atomic E-state index is 9.80. The summed E-state index contributed by atoms with van der Waals surface area (Å²) in [6.45, 7) is 0.474. The topological polar surface area (TPSA) is 46.2 Å². The number of benzene rings is 1. The first kappa shape index (κ1) is 11.9. The van der Waals surface area contributed by atoms with Gasteiger partial charge in [0.2, 0.25) is 0 Å². The van der Waals surface area contributed by atoms with Crippen LogP contribution >= 0.6 is 23.4 Å². The van der Waals surface area contributed by atoms with Crippen LogP contribution in [0.15, 0.2) is 23.1 Å². The molecular formula is C10H14ClNOS. The molecule has 0 radical (unpaired) electrons. The highest BCUT2D eigenvalue weighted by molar-refractivity contribution is 7.98. The van der Waals surface area contributed by atoms with Gasteiger partial charge in [-0.25, -0.2) is 0 Å². The second kappa shape index (κ2) is 5.61. The van der Waals surface area contributed by atoms with E-state index in [9.17, 15) is 5.11 Å². The van der Waals surface area contributed by atoms with Gasteiger partial charge in [0, 0.05) is 9.92 Å². The Bertz CT molecular complexity index is 306. The zero-order valence-corrected chi connectivity index (χ0v) is 9.61. The molecule has 0 bridgehead atoms. The number of aliphatic hydroxyl groups excluding tert-OH is 1. The predicted molar refractivity (Wildman–Crippen MR) is 61.9 cm³/mol. The molecule has 0 fully saturated rings. The molecule has 0 saturated carbocycles. The fourth-order valence-electron chi connectivity index (χ4n) is 1.28. The van der Waals surface area contributed by atoms with E-state index in [4.69, 9.17) is 17.3 Å². The van der Waals surface area contributed by atoms with Gasteiger partial charge in [0.25, 0.3) is 0 Å². The molecule has 4 heteroatoms. The van der Waals surface area contributed by atoms with Crippen molar-refractivity contribution in [3.05, 3.63) is 28.8 Å². The van der Waals surface area contributed by atoms with E-state index in [1.165, 1.54) is 0 Å². The van der Waals surface area contributed by atoms with E-state index in [2.05, 4.69) is 0 Å². The van der Waals surface area contributed by atoms with E-state index in [1.807, 2.05) is 18.4 Å². The lowest BCUT2D eigenvalue weighted by atomic mass is 10.1. The largest absolute Gasteiger partial charge is 0.388 e. The minimum Gasteiger partial charge on any atom is -0.388 e. The summed E-state index contributed by atoms with van der Waals surface area (Å²) in [4.78, 5) is 1.05. The molecule has 0 aliphatic rings. The van der Waals surface area contributed by atoms with Crippen molar-refractivity contribution in [3.8, 4) is 0 Å². The molecule has 3 N–H and O–H groups in total. The average molecular weight is 232 g/mol. The van der Waals surface area contributed by atoms with Crippen LogP contribution in [0.4, 0.5) is 0 Å². The van der Waals surface area contributed by atoms with Gasteiger partial charge in [-0.2, -0.15) is 0 Å².